The summed E-state index contributed by atoms with van der Waals surface area (Å²) in [6, 6.07) is 6.45. The van der Waals surface area contributed by atoms with Crippen LogP contribution in [0.3, 0.4) is 0 Å². The van der Waals surface area contributed by atoms with E-state index in [0.29, 0.717) is 0 Å². The van der Waals surface area contributed by atoms with E-state index in [1.807, 2.05) is 27.7 Å². The minimum atomic E-state index is -0.340. The highest BCUT2D eigenvalue weighted by molar-refractivity contribution is 5.81. The van der Waals surface area contributed by atoms with Crippen LogP contribution in [0, 0.1) is 19.3 Å². The van der Waals surface area contributed by atoms with Crippen molar-refractivity contribution in [2.24, 2.45) is 5.41 Å². The molecule has 0 saturated heterocycles. The van der Waals surface area contributed by atoms with Gasteiger partial charge in [-0.25, -0.2) is 0 Å². The number of rotatable bonds is 2. The summed E-state index contributed by atoms with van der Waals surface area (Å²) in [5.41, 5.74) is 3.29. The smallest absolute Gasteiger partial charge is 0.225 e. The topological polar surface area (TPSA) is 29.1 Å². The van der Waals surface area contributed by atoms with E-state index in [4.69, 9.17) is 0 Å². The van der Waals surface area contributed by atoms with Crippen molar-refractivity contribution in [1.29, 1.82) is 0 Å². The Morgan fingerprint density at radius 1 is 1.12 bits per heavy atom. The van der Waals surface area contributed by atoms with Gasteiger partial charge in [-0.15, -0.1) is 0 Å². The minimum Gasteiger partial charge on any atom is -0.349 e. The molecule has 1 aromatic carbocycles. The molecule has 0 unspecified atom stereocenters. The molecule has 1 amide bonds. The summed E-state index contributed by atoms with van der Waals surface area (Å²) < 4.78 is 0. The first-order valence-electron chi connectivity index (χ1n) is 6.09. The van der Waals surface area contributed by atoms with Gasteiger partial charge in [0.25, 0.3) is 0 Å². The molecule has 0 aliphatic rings. The maximum atomic E-state index is 11.9. The number of amides is 1. The van der Waals surface area contributed by atoms with E-state index in [1.54, 1.807) is 0 Å². The number of carbonyl (C=O) groups is 1. The lowest BCUT2D eigenvalue weighted by atomic mass is 9.94. The maximum absolute atomic E-state index is 11.9. The van der Waals surface area contributed by atoms with Gasteiger partial charge >= 0.3 is 0 Å². The Kier molecular flexibility index (Phi) is 3.97. The standard InChI is InChI=1S/C15H23NO/c1-10-7-11(2)9-13(8-10)12(3)16-14(17)15(4,5)6/h7-9,12H,1-6H3,(H,16,17)/t12-/m1/s1. The molecule has 1 N–H and O–H groups in total. The van der Waals surface area contributed by atoms with Crippen LogP contribution in [0.15, 0.2) is 18.2 Å². The molecule has 1 aromatic rings. The van der Waals surface area contributed by atoms with Crippen molar-refractivity contribution in [3.63, 3.8) is 0 Å². The molecular formula is C15H23NO. The first kappa shape index (κ1) is 13.8. The first-order chi connectivity index (χ1) is 7.70. The SMILES string of the molecule is Cc1cc(C)cc([C@@H](C)NC(=O)C(C)(C)C)c1. The second kappa shape index (κ2) is 4.91. The second-order valence-corrected chi connectivity index (χ2v) is 5.87. The molecule has 0 aromatic heterocycles. The monoisotopic (exact) mass is 233 g/mol. The van der Waals surface area contributed by atoms with Crippen LogP contribution >= 0.6 is 0 Å². The Bertz CT molecular complexity index is 395. The third-order valence-corrected chi connectivity index (χ3v) is 2.77. The zero-order chi connectivity index (χ0) is 13.2. The van der Waals surface area contributed by atoms with E-state index < -0.39 is 0 Å². The highest BCUT2D eigenvalue weighted by atomic mass is 16.2. The van der Waals surface area contributed by atoms with Crippen LogP contribution in [-0.2, 0) is 4.79 Å². The molecule has 0 fully saturated rings. The lowest BCUT2D eigenvalue weighted by Crippen LogP contribution is -2.36. The van der Waals surface area contributed by atoms with Crippen molar-refractivity contribution >= 4 is 5.91 Å². The summed E-state index contributed by atoms with van der Waals surface area (Å²) in [6.45, 7) is 12.0. The first-order valence-corrected chi connectivity index (χ1v) is 6.09. The van der Waals surface area contributed by atoms with Crippen molar-refractivity contribution in [2.75, 3.05) is 0 Å². The van der Waals surface area contributed by atoms with Crippen LogP contribution in [0.5, 0.6) is 0 Å². The van der Waals surface area contributed by atoms with Crippen LogP contribution < -0.4 is 5.32 Å². The van der Waals surface area contributed by atoms with Gasteiger partial charge in [-0.3, -0.25) is 4.79 Å². The van der Waals surface area contributed by atoms with Crippen LogP contribution in [0.2, 0.25) is 0 Å². The van der Waals surface area contributed by atoms with Crippen molar-refractivity contribution in [3.8, 4) is 0 Å². The number of carbonyl (C=O) groups excluding carboxylic acids is 1. The Morgan fingerprint density at radius 3 is 2.00 bits per heavy atom. The fourth-order valence-corrected chi connectivity index (χ4v) is 1.76. The van der Waals surface area contributed by atoms with Gasteiger partial charge in [0.2, 0.25) is 5.91 Å². The van der Waals surface area contributed by atoms with Gasteiger partial charge < -0.3 is 5.32 Å². The summed E-state index contributed by atoms with van der Waals surface area (Å²) in [4.78, 5) is 11.9. The molecule has 17 heavy (non-hydrogen) atoms. The van der Waals surface area contributed by atoms with Crippen LogP contribution in [0.25, 0.3) is 0 Å². The number of hydrogen-bond acceptors (Lipinski definition) is 1. The molecule has 2 heteroatoms. The fraction of sp³-hybridized carbons (Fsp3) is 0.533. The Balaban J connectivity index is 2.83. The molecule has 1 atom stereocenters. The number of nitrogens with one attached hydrogen (secondary N) is 1. The average molecular weight is 233 g/mol. The fourth-order valence-electron chi connectivity index (χ4n) is 1.76. The predicted molar refractivity (Wildman–Crippen MR) is 71.9 cm³/mol. The quantitative estimate of drug-likeness (QED) is 0.832. The van der Waals surface area contributed by atoms with Crippen molar-refractivity contribution in [1.82, 2.24) is 5.32 Å². The molecule has 0 spiro atoms. The van der Waals surface area contributed by atoms with Crippen molar-refractivity contribution in [3.05, 3.63) is 34.9 Å². The molecule has 0 saturated carbocycles. The summed E-state index contributed by atoms with van der Waals surface area (Å²) in [6.07, 6.45) is 0. The molecule has 94 valence electrons. The number of aryl methyl sites for hydroxylation is 2. The van der Waals surface area contributed by atoms with Crippen LogP contribution in [0.4, 0.5) is 0 Å². The highest BCUT2D eigenvalue weighted by Crippen LogP contribution is 2.19. The second-order valence-electron chi connectivity index (χ2n) is 5.87. The van der Waals surface area contributed by atoms with Gasteiger partial charge in [-0.05, 0) is 26.3 Å². The Morgan fingerprint density at radius 2 is 1.59 bits per heavy atom. The van der Waals surface area contributed by atoms with Crippen molar-refractivity contribution < 1.29 is 4.79 Å². The predicted octanol–water partition coefficient (Wildman–Crippen LogP) is 3.53. The van der Waals surface area contributed by atoms with E-state index in [-0.39, 0.29) is 17.4 Å². The zero-order valence-corrected chi connectivity index (χ0v) is 11.7. The largest absolute Gasteiger partial charge is 0.349 e. The van der Waals surface area contributed by atoms with Gasteiger partial charge in [0.05, 0.1) is 6.04 Å². The summed E-state index contributed by atoms with van der Waals surface area (Å²) >= 11 is 0. The molecule has 0 radical (unpaired) electrons. The molecular weight excluding hydrogens is 210 g/mol. The minimum absolute atomic E-state index is 0.0559. The van der Waals surface area contributed by atoms with Gasteiger partial charge in [-0.2, -0.15) is 0 Å². The molecule has 2 nitrogen and oxygen atoms in total. The lowest BCUT2D eigenvalue weighted by Gasteiger charge is -2.22. The summed E-state index contributed by atoms with van der Waals surface area (Å²) in [5, 5.41) is 3.05. The van der Waals surface area contributed by atoms with Crippen molar-refractivity contribution in [2.45, 2.75) is 47.6 Å². The Hall–Kier alpha value is -1.31. The number of benzene rings is 1. The Labute approximate surface area is 104 Å². The van der Waals surface area contributed by atoms with Crippen LogP contribution in [-0.4, -0.2) is 5.91 Å². The number of hydrogen-bond donors (Lipinski definition) is 1. The van der Waals surface area contributed by atoms with E-state index in [0.717, 1.165) is 0 Å². The molecule has 0 aliphatic carbocycles. The molecule has 1 rings (SSSR count). The van der Waals surface area contributed by atoms with Gasteiger partial charge in [0, 0.05) is 5.41 Å². The van der Waals surface area contributed by atoms with E-state index in [2.05, 4.69) is 37.4 Å². The van der Waals surface area contributed by atoms with Gasteiger partial charge in [0.1, 0.15) is 0 Å². The highest BCUT2D eigenvalue weighted by Gasteiger charge is 2.22. The third-order valence-electron chi connectivity index (χ3n) is 2.77. The zero-order valence-electron chi connectivity index (χ0n) is 11.7. The average Bonchev–Trinajstić information content (AvgIpc) is 2.14. The van der Waals surface area contributed by atoms with E-state index >= 15 is 0 Å². The van der Waals surface area contributed by atoms with E-state index in [9.17, 15) is 4.79 Å². The third kappa shape index (κ3) is 3.88. The maximum Gasteiger partial charge on any atom is 0.225 e. The van der Waals surface area contributed by atoms with Crippen LogP contribution in [0.1, 0.15) is 50.4 Å². The van der Waals surface area contributed by atoms with Gasteiger partial charge in [-0.1, -0.05) is 50.1 Å². The lowest BCUT2D eigenvalue weighted by molar-refractivity contribution is -0.129. The van der Waals surface area contributed by atoms with E-state index in [1.165, 1.54) is 16.7 Å². The normalized spacial score (nSPS) is 13.3. The molecule has 0 aliphatic heterocycles. The van der Waals surface area contributed by atoms with Gasteiger partial charge in [0.15, 0.2) is 0 Å². The molecule has 0 heterocycles. The summed E-state index contributed by atoms with van der Waals surface area (Å²) in [5.74, 6) is 0.0872. The molecule has 0 bridgehead atoms. The summed E-state index contributed by atoms with van der Waals surface area (Å²) in [7, 11) is 0.